The van der Waals surface area contributed by atoms with Gasteiger partial charge >= 0.3 is 0 Å². The Morgan fingerprint density at radius 3 is 3.07 bits per heavy atom. The van der Waals surface area contributed by atoms with Gasteiger partial charge in [0.25, 0.3) is 0 Å². The monoisotopic (exact) mass is 214 g/mol. The van der Waals surface area contributed by atoms with Gasteiger partial charge < -0.3 is 4.74 Å². The van der Waals surface area contributed by atoms with Crippen molar-refractivity contribution in [1.29, 1.82) is 0 Å². The summed E-state index contributed by atoms with van der Waals surface area (Å²) in [6.45, 7) is 5.65. The number of hydrogen-bond donors (Lipinski definition) is 0. The number of ether oxygens (including phenoxy) is 1. The molecule has 1 aliphatic rings. The highest BCUT2D eigenvalue weighted by molar-refractivity contribution is 6.30. The predicted molar refractivity (Wildman–Crippen MR) is 55.6 cm³/mol. The minimum atomic E-state index is 0.369. The standard InChI is InChI=1S/C10H15ClN2O/c1-3-7(2)13-10(11)8-6-14-5-4-9(8)12-13/h7H,3-6H2,1-2H3. The van der Waals surface area contributed by atoms with Crippen molar-refractivity contribution in [3.8, 4) is 0 Å². The normalized spacial score (nSPS) is 17.9. The van der Waals surface area contributed by atoms with Gasteiger partial charge in [0.1, 0.15) is 5.15 Å². The van der Waals surface area contributed by atoms with Crippen molar-refractivity contribution in [2.45, 2.75) is 39.3 Å². The first-order valence-corrected chi connectivity index (χ1v) is 5.45. The van der Waals surface area contributed by atoms with Gasteiger partial charge in [0, 0.05) is 12.0 Å². The molecule has 2 heterocycles. The fraction of sp³-hybridized carbons (Fsp3) is 0.700. The van der Waals surface area contributed by atoms with Gasteiger partial charge in [-0.15, -0.1) is 0 Å². The van der Waals surface area contributed by atoms with Crippen molar-refractivity contribution < 1.29 is 4.74 Å². The zero-order valence-corrected chi connectivity index (χ0v) is 9.34. The largest absolute Gasteiger partial charge is 0.376 e. The van der Waals surface area contributed by atoms with Crippen LogP contribution in [0.1, 0.15) is 37.6 Å². The van der Waals surface area contributed by atoms with Crippen LogP contribution in [-0.4, -0.2) is 16.4 Å². The lowest BCUT2D eigenvalue weighted by atomic mass is 10.2. The van der Waals surface area contributed by atoms with Crippen LogP contribution in [-0.2, 0) is 17.8 Å². The Labute approximate surface area is 89.0 Å². The van der Waals surface area contributed by atoms with Gasteiger partial charge in [0.05, 0.1) is 24.9 Å². The first kappa shape index (κ1) is 9.99. The van der Waals surface area contributed by atoms with E-state index in [-0.39, 0.29) is 0 Å². The second-order valence-electron chi connectivity index (χ2n) is 3.72. The molecule has 2 rings (SSSR count). The molecule has 0 saturated carbocycles. The van der Waals surface area contributed by atoms with Crippen molar-refractivity contribution in [2.75, 3.05) is 6.61 Å². The maximum Gasteiger partial charge on any atom is 0.133 e. The first-order valence-electron chi connectivity index (χ1n) is 5.07. The quantitative estimate of drug-likeness (QED) is 0.757. The molecule has 0 spiro atoms. The molecule has 0 saturated heterocycles. The molecule has 4 heteroatoms. The number of fused-ring (bicyclic) bond motifs is 1. The van der Waals surface area contributed by atoms with Gasteiger partial charge in [-0.3, -0.25) is 4.68 Å². The molecule has 0 fully saturated rings. The molecule has 1 aromatic rings. The topological polar surface area (TPSA) is 27.1 Å². The Morgan fingerprint density at radius 1 is 1.64 bits per heavy atom. The van der Waals surface area contributed by atoms with E-state index in [1.54, 1.807) is 0 Å². The van der Waals surface area contributed by atoms with Gasteiger partial charge in [-0.05, 0) is 13.3 Å². The van der Waals surface area contributed by atoms with Crippen molar-refractivity contribution in [2.24, 2.45) is 0 Å². The van der Waals surface area contributed by atoms with E-state index in [1.165, 1.54) is 0 Å². The highest BCUT2D eigenvalue weighted by atomic mass is 35.5. The summed E-state index contributed by atoms with van der Waals surface area (Å²) in [6.07, 6.45) is 1.93. The van der Waals surface area contributed by atoms with Crippen LogP contribution in [0.2, 0.25) is 5.15 Å². The van der Waals surface area contributed by atoms with E-state index in [2.05, 4.69) is 18.9 Å². The Hall–Kier alpha value is -0.540. The smallest absolute Gasteiger partial charge is 0.133 e. The van der Waals surface area contributed by atoms with Gasteiger partial charge in [-0.2, -0.15) is 5.10 Å². The molecule has 0 bridgehead atoms. The summed E-state index contributed by atoms with van der Waals surface area (Å²) in [6, 6.07) is 0.369. The molecule has 1 unspecified atom stereocenters. The van der Waals surface area contributed by atoms with E-state index in [9.17, 15) is 0 Å². The third kappa shape index (κ3) is 1.55. The molecule has 1 aromatic heterocycles. The molecule has 1 aliphatic heterocycles. The van der Waals surface area contributed by atoms with Gasteiger partial charge in [-0.1, -0.05) is 18.5 Å². The van der Waals surface area contributed by atoms with Crippen LogP contribution >= 0.6 is 11.6 Å². The molecule has 0 aromatic carbocycles. The summed E-state index contributed by atoms with van der Waals surface area (Å²) in [5.41, 5.74) is 2.19. The van der Waals surface area contributed by atoms with Crippen molar-refractivity contribution in [3.05, 3.63) is 16.4 Å². The Balaban J connectivity index is 2.38. The van der Waals surface area contributed by atoms with Crippen LogP contribution in [0, 0.1) is 0 Å². The molecule has 0 aliphatic carbocycles. The lowest BCUT2D eigenvalue weighted by molar-refractivity contribution is 0.110. The highest BCUT2D eigenvalue weighted by Crippen LogP contribution is 2.27. The number of nitrogens with zero attached hydrogens (tertiary/aromatic N) is 2. The van der Waals surface area contributed by atoms with E-state index in [0.717, 1.165) is 35.9 Å². The zero-order valence-electron chi connectivity index (χ0n) is 8.59. The summed E-state index contributed by atoms with van der Waals surface area (Å²) in [7, 11) is 0. The first-order chi connectivity index (χ1) is 6.74. The molecule has 1 atom stereocenters. The van der Waals surface area contributed by atoms with Crippen LogP contribution in [0.4, 0.5) is 0 Å². The van der Waals surface area contributed by atoms with E-state index >= 15 is 0 Å². The van der Waals surface area contributed by atoms with E-state index < -0.39 is 0 Å². The maximum absolute atomic E-state index is 6.24. The molecule has 0 amide bonds. The Kier molecular flexibility index (Phi) is 2.79. The predicted octanol–water partition coefficient (Wildman–Crippen LogP) is 2.58. The highest BCUT2D eigenvalue weighted by Gasteiger charge is 2.21. The SMILES string of the molecule is CCC(C)n1nc2c(c1Cl)COCC2. The van der Waals surface area contributed by atoms with Gasteiger partial charge in [0.15, 0.2) is 0 Å². The second-order valence-corrected chi connectivity index (χ2v) is 4.08. The summed E-state index contributed by atoms with van der Waals surface area (Å²) >= 11 is 6.24. The molecule has 0 N–H and O–H groups in total. The van der Waals surface area contributed by atoms with Crippen molar-refractivity contribution in [3.63, 3.8) is 0 Å². The Morgan fingerprint density at radius 2 is 2.43 bits per heavy atom. The zero-order chi connectivity index (χ0) is 10.1. The van der Waals surface area contributed by atoms with Crippen LogP contribution in [0.15, 0.2) is 0 Å². The summed E-state index contributed by atoms with van der Waals surface area (Å²) in [5, 5.41) is 5.28. The summed E-state index contributed by atoms with van der Waals surface area (Å²) in [5.74, 6) is 0. The van der Waals surface area contributed by atoms with E-state index in [4.69, 9.17) is 16.3 Å². The fourth-order valence-electron chi connectivity index (χ4n) is 1.64. The van der Waals surface area contributed by atoms with Crippen LogP contribution in [0.25, 0.3) is 0 Å². The number of rotatable bonds is 2. The summed E-state index contributed by atoms with van der Waals surface area (Å²) < 4.78 is 7.28. The van der Waals surface area contributed by atoms with Crippen LogP contribution in [0.5, 0.6) is 0 Å². The third-order valence-electron chi connectivity index (χ3n) is 2.76. The molecule has 14 heavy (non-hydrogen) atoms. The molecular formula is C10H15ClN2O. The minimum Gasteiger partial charge on any atom is -0.376 e. The average Bonchev–Trinajstić information content (AvgIpc) is 2.56. The number of hydrogen-bond acceptors (Lipinski definition) is 2. The molecule has 0 radical (unpaired) electrons. The van der Waals surface area contributed by atoms with Crippen molar-refractivity contribution >= 4 is 11.6 Å². The van der Waals surface area contributed by atoms with E-state index in [0.29, 0.717) is 12.6 Å². The Bertz CT molecular complexity index is 335. The van der Waals surface area contributed by atoms with Gasteiger partial charge in [0.2, 0.25) is 0 Å². The molecule has 3 nitrogen and oxygen atoms in total. The minimum absolute atomic E-state index is 0.369. The van der Waals surface area contributed by atoms with Crippen LogP contribution < -0.4 is 0 Å². The fourth-order valence-corrected chi connectivity index (χ4v) is 2.01. The second kappa shape index (κ2) is 3.91. The van der Waals surface area contributed by atoms with Crippen molar-refractivity contribution in [1.82, 2.24) is 9.78 Å². The third-order valence-corrected chi connectivity index (χ3v) is 3.17. The lowest BCUT2D eigenvalue weighted by Crippen LogP contribution is -2.08. The lowest BCUT2D eigenvalue weighted by Gasteiger charge is -2.10. The average molecular weight is 215 g/mol. The molecular weight excluding hydrogens is 200 g/mol. The van der Waals surface area contributed by atoms with E-state index in [1.807, 2.05) is 4.68 Å². The number of halogens is 1. The van der Waals surface area contributed by atoms with Crippen LogP contribution in [0.3, 0.4) is 0 Å². The summed E-state index contributed by atoms with van der Waals surface area (Å²) in [4.78, 5) is 0. The maximum atomic E-state index is 6.24. The van der Waals surface area contributed by atoms with Gasteiger partial charge in [-0.25, -0.2) is 0 Å². The molecule has 78 valence electrons. The number of aromatic nitrogens is 2.